The Bertz CT molecular complexity index is 693. The number of nitriles is 1. The summed E-state index contributed by atoms with van der Waals surface area (Å²) in [6, 6.07) is 9.91. The fourth-order valence-corrected chi connectivity index (χ4v) is 2.18. The molecule has 0 unspecified atom stereocenters. The second-order valence-electron chi connectivity index (χ2n) is 4.33. The fourth-order valence-electron chi connectivity index (χ4n) is 1.80. The van der Waals surface area contributed by atoms with E-state index in [1.54, 1.807) is 31.2 Å². The zero-order chi connectivity index (χ0) is 14.7. The van der Waals surface area contributed by atoms with Crippen LogP contribution in [0.4, 0.5) is 10.1 Å². The van der Waals surface area contributed by atoms with Crippen molar-refractivity contribution in [2.24, 2.45) is 0 Å². The smallest absolute Gasteiger partial charge is 0.129 e. The monoisotopic (exact) mass is 308 g/mol. The zero-order valence-electron chi connectivity index (χ0n) is 10.7. The average Bonchev–Trinajstić information content (AvgIpc) is 2.43. The normalized spacial score (nSPS) is 10.2. The first-order chi connectivity index (χ1) is 9.51. The Labute approximate surface area is 126 Å². The molecular weight excluding hydrogens is 298 g/mol. The van der Waals surface area contributed by atoms with E-state index >= 15 is 0 Å². The van der Waals surface area contributed by atoms with E-state index in [4.69, 9.17) is 28.5 Å². The first kappa shape index (κ1) is 14.6. The lowest BCUT2D eigenvalue weighted by Crippen LogP contribution is -2.03. The van der Waals surface area contributed by atoms with Gasteiger partial charge in [0.05, 0.1) is 11.6 Å². The number of nitrogens with zero attached hydrogens (tertiary/aromatic N) is 1. The van der Waals surface area contributed by atoms with Crippen molar-refractivity contribution in [3.05, 3.63) is 62.9 Å². The third-order valence-corrected chi connectivity index (χ3v) is 3.55. The van der Waals surface area contributed by atoms with E-state index in [2.05, 4.69) is 5.32 Å². The number of hydrogen-bond acceptors (Lipinski definition) is 2. The van der Waals surface area contributed by atoms with Crippen molar-refractivity contribution in [1.82, 2.24) is 0 Å². The summed E-state index contributed by atoms with van der Waals surface area (Å²) in [5.74, 6) is -0.413. The van der Waals surface area contributed by atoms with Crippen molar-refractivity contribution in [1.29, 1.82) is 5.26 Å². The Morgan fingerprint density at radius 2 is 2.00 bits per heavy atom. The molecule has 2 nitrogen and oxygen atoms in total. The van der Waals surface area contributed by atoms with Gasteiger partial charge in [-0.3, -0.25) is 0 Å². The SMILES string of the molecule is Cc1c(F)cc(C#N)cc1NCc1cc(Cl)ccc1Cl. The Morgan fingerprint density at radius 3 is 2.70 bits per heavy atom. The molecule has 0 radical (unpaired) electrons. The highest BCUT2D eigenvalue weighted by Gasteiger charge is 2.08. The van der Waals surface area contributed by atoms with Gasteiger partial charge in [0.25, 0.3) is 0 Å². The number of halogens is 3. The molecule has 0 aliphatic heterocycles. The van der Waals surface area contributed by atoms with Crippen molar-refractivity contribution in [3.8, 4) is 6.07 Å². The molecule has 102 valence electrons. The van der Waals surface area contributed by atoms with E-state index in [1.165, 1.54) is 6.07 Å². The average molecular weight is 309 g/mol. The number of benzene rings is 2. The van der Waals surface area contributed by atoms with Gasteiger partial charge >= 0.3 is 0 Å². The molecule has 0 saturated heterocycles. The molecule has 0 atom stereocenters. The zero-order valence-corrected chi connectivity index (χ0v) is 12.2. The third-order valence-electron chi connectivity index (χ3n) is 2.95. The first-order valence-corrected chi connectivity index (χ1v) is 6.65. The van der Waals surface area contributed by atoms with Crippen LogP contribution in [0.3, 0.4) is 0 Å². The number of hydrogen-bond donors (Lipinski definition) is 1. The molecule has 20 heavy (non-hydrogen) atoms. The first-order valence-electron chi connectivity index (χ1n) is 5.89. The van der Waals surface area contributed by atoms with Crippen LogP contribution in [-0.4, -0.2) is 0 Å². The van der Waals surface area contributed by atoms with Gasteiger partial charge in [0.15, 0.2) is 0 Å². The second kappa shape index (κ2) is 6.13. The minimum absolute atomic E-state index is 0.271. The molecule has 0 fully saturated rings. The van der Waals surface area contributed by atoms with Crippen LogP contribution in [0.5, 0.6) is 0 Å². The summed E-state index contributed by atoms with van der Waals surface area (Å²) in [6.45, 7) is 2.05. The van der Waals surface area contributed by atoms with Crippen molar-refractivity contribution in [2.45, 2.75) is 13.5 Å². The van der Waals surface area contributed by atoms with E-state index in [9.17, 15) is 4.39 Å². The van der Waals surface area contributed by atoms with E-state index in [0.717, 1.165) is 5.56 Å². The fraction of sp³-hybridized carbons (Fsp3) is 0.133. The number of anilines is 1. The molecule has 0 spiro atoms. The predicted molar refractivity (Wildman–Crippen MR) is 79.6 cm³/mol. The lowest BCUT2D eigenvalue weighted by atomic mass is 10.1. The van der Waals surface area contributed by atoms with Crippen molar-refractivity contribution < 1.29 is 4.39 Å². The van der Waals surface area contributed by atoms with E-state index in [-0.39, 0.29) is 5.56 Å². The Kier molecular flexibility index (Phi) is 4.49. The molecule has 1 N–H and O–H groups in total. The highest BCUT2D eigenvalue weighted by molar-refractivity contribution is 6.33. The van der Waals surface area contributed by atoms with Crippen molar-refractivity contribution >= 4 is 28.9 Å². The van der Waals surface area contributed by atoms with Gasteiger partial charge in [-0.15, -0.1) is 0 Å². The maximum absolute atomic E-state index is 13.7. The van der Waals surface area contributed by atoms with Gasteiger partial charge in [0.1, 0.15) is 5.82 Å². The molecule has 0 aromatic heterocycles. The number of nitrogens with one attached hydrogen (secondary N) is 1. The molecule has 0 aliphatic rings. The molecule has 2 aromatic carbocycles. The predicted octanol–water partition coefficient (Wildman–Crippen LogP) is 4.92. The van der Waals surface area contributed by atoms with Crippen molar-refractivity contribution in [2.75, 3.05) is 5.32 Å². The second-order valence-corrected chi connectivity index (χ2v) is 5.18. The topological polar surface area (TPSA) is 35.8 Å². The van der Waals surface area contributed by atoms with Gasteiger partial charge in [0.2, 0.25) is 0 Å². The molecular formula is C15H11Cl2FN2. The molecule has 0 saturated carbocycles. The van der Waals surface area contributed by atoms with Gasteiger partial charge in [-0.1, -0.05) is 23.2 Å². The minimum atomic E-state index is -0.413. The summed E-state index contributed by atoms with van der Waals surface area (Å²) in [6.07, 6.45) is 0. The molecule has 5 heteroatoms. The maximum Gasteiger partial charge on any atom is 0.129 e. The highest BCUT2D eigenvalue weighted by atomic mass is 35.5. The van der Waals surface area contributed by atoms with E-state index < -0.39 is 5.82 Å². The standard InChI is InChI=1S/C15H11Cl2FN2/c1-9-14(18)4-10(7-19)5-15(9)20-8-11-6-12(16)2-3-13(11)17/h2-6,20H,8H2,1H3. The van der Waals surface area contributed by atoms with Crippen LogP contribution in [0.1, 0.15) is 16.7 Å². The van der Waals surface area contributed by atoms with Crippen LogP contribution in [0, 0.1) is 24.1 Å². The Balaban J connectivity index is 2.25. The Hall–Kier alpha value is -1.76. The molecule has 2 aromatic rings. The van der Waals surface area contributed by atoms with Gasteiger partial charge in [-0.2, -0.15) is 5.26 Å². The van der Waals surface area contributed by atoms with Crippen LogP contribution in [0.2, 0.25) is 10.0 Å². The largest absolute Gasteiger partial charge is 0.381 e. The van der Waals surface area contributed by atoms with E-state index in [0.29, 0.717) is 27.8 Å². The molecule has 0 heterocycles. The summed E-state index contributed by atoms with van der Waals surface area (Å²) in [7, 11) is 0. The number of rotatable bonds is 3. The van der Waals surface area contributed by atoms with Gasteiger partial charge in [0, 0.05) is 27.8 Å². The summed E-state index contributed by atoms with van der Waals surface area (Å²) in [5, 5.41) is 13.1. The molecule has 0 bridgehead atoms. The lowest BCUT2D eigenvalue weighted by molar-refractivity contribution is 0.618. The Morgan fingerprint density at radius 1 is 1.25 bits per heavy atom. The molecule has 0 amide bonds. The van der Waals surface area contributed by atoms with Crippen LogP contribution in [0.25, 0.3) is 0 Å². The lowest BCUT2D eigenvalue weighted by Gasteiger charge is -2.12. The van der Waals surface area contributed by atoms with E-state index in [1.807, 2.05) is 6.07 Å². The van der Waals surface area contributed by atoms with Gasteiger partial charge < -0.3 is 5.32 Å². The van der Waals surface area contributed by atoms with Crippen molar-refractivity contribution in [3.63, 3.8) is 0 Å². The van der Waals surface area contributed by atoms with Crippen LogP contribution in [0.15, 0.2) is 30.3 Å². The van der Waals surface area contributed by atoms with Crippen LogP contribution < -0.4 is 5.32 Å². The van der Waals surface area contributed by atoms with Crippen LogP contribution in [-0.2, 0) is 6.54 Å². The molecule has 0 aliphatic carbocycles. The summed E-state index contributed by atoms with van der Waals surface area (Å²) in [5.41, 5.74) is 2.11. The van der Waals surface area contributed by atoms with Gasteiger partial charge in [-0.05, 0) is 42.8 Å². The minimum Gasteiger partial charge on any atom is -0.381 e. The quantitative estimate of drug-likeness (QED) is 0.873. The molecule has 2 rings (SSSR count). The summed E-state index contributed by atoms with van der Waals surface area (Å²) in [4.78, 5) is 0. The highest BCUT2D eigenvalue weighted by Crippen LogP contribution is 2.24. The summed E-state index contributed by atoms with van der Waals surface area (Å²) < 4.78 is 13.7. The maximum atomic E-state index is 13.7. The third kappa shape index (κ3) is 3.22. The van der Waals surface area contributed by atoms with Gasteiger partial charge in [-0.25, -0.2) is 4.39 Å². The summed E-state index contributed by atoms with van der Waals surface area (Å²) >= 11 is 12.0. The van der Waals surface area contributed by atoms with Crippen LogP contribution >= 0.6 is 23.2 Å².